The van der Waals surface area contributed by atoms with Crippen LogP contribution in [0.25, 0.3) is 5.69 Å². The Labute approximate surface area is 200 Å². The van der Waals surface area contributed by atoms with Gasteiger partial charge in [0.2, 0.25) is 5.43 Å². The number of carbonyl (C=O) groups is 1. The molecule has 10 heteroatoms. The average Bonchev–Trinajstić information content (AvgIpc) is 2.84. The lowest BCUT2D eigenvalue weighted by Gasteiger charge is -2.34. The minimum absolute atomic E-state index is 0.120. The molecule has 184 valence electrons. The summed E-state index contributed by atoms with van der Waals surface area (Å²) in [7, 11) is 0. The number of ether oxygens (including phenoxy) is 1. The highest BCUT2D eigenvalue weighted by atomic mass is 19.4. The monoisotopic (exact) mass is 486 g/mol. The molecule has 7 nitrogen and oxygen atoms in total. The molecule has 1 aliphatic rings. The van der Waals surface area contributed by atoms with E-state index in [9.17, 15) is 22.8 Å². The van der Waals surface area contributed by atoms with Crippen LogP contribution in [0, 0.1) is 6.92 Å². The number of alkyl halides is 3. The Balaban J connectivity index is 1.42. The SMILES string of the molecule is Cc1cc(=O)c(C(=O)N2CCN(CCOc3ccccc3)CC2)nn1-c1cccc(C(F)(F)F)c1. The van der Waals surface area contributed by atoms with Crippen LogP contribution in [-0.2, 0) is 6.18 Å². The van der Waals surface area contributed by atoms with Crippen molar-refractivity contribution in [1.82, 2.24) is 19.6 Å². The molecule has 0 atom stereocenters. The van der Waals surface area contributed by atoms with E-state index in [1.165, 1.54) is 22.9 Å². The van der Waals surface area contributed by atoms with Crippen LogP contribution in [-0.4, -0.2) is 64.8 Å². The van der Waals surface area contributed by atoms with Crippen LogP contribution in [0.3, 0.4) is 0 Å². The van der Waals surface area contributed by atoms with Gasteiger partial charge in [-0.1, -0.05) is 24.3 Å². The molecule has 0 bridgehead atoms. The number of rotatable bonds is 6. The summed E-state index contributed by atoms with van der Waals surface area (Å²) in [6.45, 7) is 4.79. The summed E-state index contributed by atoms with van der Waals surface area (Å²) in [5, 5.41) is 4.15. The maximum absolute atomic E-state index is 13.1. The van der Waals surface area contributed by atoms with Gasteiger partial charge in [0.05, 0.1) is 11.3 Å². The van der Waals surface area contributed by atoms with Gasteiger partial charge in [0, 0.05) is 44.5 Å². The van der Waals surface area contributed by atoms with Crippen LogP contribution in [0.5, 0.6) is 5.75 Å². The van der Waals surface area contributed by atoms with E-state index < -0.39 is 23.1 Å². The highest BCUT2D eigenvalue weighted by molar-refractivity contribution is 5.92. The first-order valence-electron chi connectivity index (χ1n) is 11.2. The van der Waals surface area contributed by atoms with Gasteiger partial charge in [0.1, 0.15) is 12.4 Å². The lowest BCUT2D eigenvalue weighted by Crippen LogP contribution is -2.50. The van der Waals surface area contributed by atoms with E-state index in [-0.39, 0.29) is 11.4 Å². The van der Waals surface area contributed by atoms with E-state index in [0.717, 1.165) is 17.9 Å². The Hall–Kier alpha value is -3.66. The fourth-order valence-electron chi connectivity index (χ4n) is 3.90. The van der Waals surface area contributed by atoms with Crippen LogP contribution in [0.2, 0.25) is 0 Å². The van der Waals surface area contributed by atoms with Gasteiger partial charge >= 0.3 is 6.18 Å². The largest absolute Gasteiger partial charge is 0.492 e. The first kappa shape index (κ1) is 24.5. The second kappa shape index (κ2) is 10.3. The summed E-state index contributed by atoms with van der Waals surface area (Å²) in [5.74, 6) is 0.264. The van der Waals surface area contributed by atoms with Crippen molar-refractivity contribution >= 4 is 5.91 Å². The standard InChI is InChI=1S/C25H25F3N4O3/c1-18-16-22(33)23(29-32(18)20-7-5-6-19(17-20)25(26,27)28)24(34)31-12-10-30(11-13-31)14-15-35-21-8-3-2-4-9-21/h2-9,16-17H,10-15H2,1H3. The normalized spacial score (nSPS) is 14.7. The fraction of sp³-hybridized carbons (Fsp3) is 0.320. The molecular formula is C25H25F3N4O3. The Morgan fingerprint density at radius 3 is 2.40 bits per heavy atom. The predicted octanol–water partition coefficient (Wildman–Crippen LogP) is 3.40. The summed E-state index contributed by atoms with van der Waals surface area (Å²) in [4.78, 5) is 29.3. The first-order chi connectivity index (χ1) is 16.7. The molecule has 0 spiro atoms. The number of benzene rings is 2. The highest BCUT2D eigenvalue weighted by Crippen LogP contribution is 2.30. The van der Waals surface area contributed by atoms with Gasteiger partial charge in [-0.25, -0.2) is 4.68 Å². The molecule has 0 N–H and O–H groups in total. The number of carbonyl (C=O) groups excluding carboxylic acids is 1. The van der Waals surface area contributed by atoms with Gasteiger partial charge in [-0.05, 0) is 37.3 Å². The molecule has 0 unspecified atom stereocenters. The molecule has 1 aliphatic heterocycles. The molecular weight excluding hydrogens is 461 g/mol. The first-order valence-corrected chi connectivity index (χ1v) is 11.2. The van der Waals surface area contributed by atoms with Gasteiger partial charge in [-0.2, -0.15) is 18.3 Å². The van der Waals surface area contributed by atoms with Crippen LogP contribution >= 0.6 is 0 Å². The number of aryl methyl sites for hydroxylation is 1. The van der Waals surface area contributed by atoms with Gasteiger partial charge in [-0.3, -0.25) is 14.5 Å². The average molecular weight is 486 g/mol. The Morgan fingerprint density at radius 2 is 1.71 bits per heavy atom. The van der Waals surface area contributed by atoms with Crippen molar-refractivity contribution < 1.29 is 22.7 Å². The maximum atomic E-state index is 13.1. The Kier molecular flexibility index (Phi) is 7.20. The van der Waals surface area contributed by atoms with Crippen molar-refractivity contribution in [3.05, 3.63) is 87.8 Å². The van der Waals surface area contributed by atoms with Crippen molar-refractivity contribution in [1.29, 1.82) is 0 Å². The van der Waals surface area contributed by atoms with Crippen molar-refractivity contribution in [2.75, 3.05) is 39.3 Å². The number of hydrogen-bond donors (Lipinski definition) is 0. The number of hydrogen-bond acceptors (Lipinski definition) is 5. The summed E-state index contributed by atoms with van der Waals surface area (Å²) in [5.41, 5.74) is -1.26. The fourth-order valence-corrected chi connectivity index (χ4v) is 3.90. The molecule has 2 heterocycles. The van der Waals surface area contributed by atoms with Gasteiger partial charge in [-0.15, -0.1) is 0 Å². The molecule has 4 rings (SSSR count). The summed E-state index contributed by atoms with van der Waals surface area (Å²) in [6.07, 6.45) is -4.52. The van der Waals surface area contributed by atoms with E-state index in [0.29, 0.717) is 45.0 Å². The van der Waals surface area contributed by atoms with E-state index in [2.05, 4.69) is 10.00 Å². The van der Waals surface area contributed by atoms with Crippen molar-refractivity contribution in [3.63, 3.8) is 0 Å². The number of halogens is 3. The molecule has 3 aromatic rings. The second-order valence-electron chi connectivity index (χ2n) is 8.25. The molecule has 1 amide bonds. The Bertz CT molecular complexity index is 1240. The van der Waals surface area contributed by atoms with Crippen LogP contribution in [0.15, 0.2) is 65.5 Å². The molecule has 0 radical (unpaired) electrons. The Morgan fingerprint density at radius 1 is 1.00 bits per heavy atom. The molecule has 0 aliphatic carbocycles. The van der Waals surface area contributed by atoms with E-state index >= 15 is 0 Å². The van der Waals surface area contributed by atoms with Crippen molar-refractivity contribution in [2.45, 2.75) is 13.1 Å². The zero-order valence-corrected chi connectivity index (χ0v) is 19.2. The number of para-hydroxylation sites is 1. The van der Waals surface area contributed by atoms with Crippen LogP contribution < -0.4 is 10.2 Å². The quantitative estimate of drug-likeness (QED) is 0.535. The van der Waals surface area contributed by atoms with Crippen molar-refractivity contribution in [2.24, 2.45) is 0 Å². The smallest absolute Gasteiger partial charge is 0.416 e. The minimum atomic E-state index is -4.52. The molecule has 1 aromatic heterocycles. The van der Waals surface area contributed by atoms with E-state index in [4.69, 9.17) is 4.74 Å². The summed E-state index contributed by atoms with van der Waals surface area (Å²) in [6, 6.07) is 15.3. The third-order valence-corrected chi connectivity index (χ3v) is 5.81. The van der Waals surface area contributed by atoms with Gasteiger partial charge < -0.3 is 9.64 Å². The zero-order chi connectivity index (χ0) is 25.0. The topological polar surface area (TPSA) is 67.7 Å². The minimum Gasteiger partial charge on any atom is -0.492 e. The molecule has 35 heavy (non-hydrogen) atoms. The number of amides is 1. The lowest BCUT2D eigenvalue weighted by molar-refractivity contribution is -0.137. The van der Waals surface area contributed by atoms with Crippen LogP contribution in [0.1, 0.15) is 21.7 Å². The van der Waals surface area contributed by atoms with E-state index in [1.54, 1.807) is 11.8 Å². The third kappa shape index (κ3) is 5.89. The molecule has 2 aromatic carbocycles. The summed E-state index contributed by atoms with van der Waals surface area (Å²) < 4.78 is 46.3. The van der Waals surface area contributed by atoms with Crippen molar-refractivity contribution in [3.8, 4) is 11.4 Å². The van der Waals surface area contributed by atoms with E-state index in [1.807, 2.05) is 30.3 Å². The molecule has 1 saturated heterocycles. The highest BCUT2D eigenvalue weighted by Gasteiger charge is 2.31. The third-order valence-electron chi connectivity index (χ3n) is 5.81. The molecule has 1 fully saturated rings. The summed E-state index contributed by atoms with van der Waals surface area (Å²) >= 11 is 0. The maximum Gasteiger partial charge on any atom is 0.416 e. The van der Waals surface area contributed by atoms with Gasteiger partial charge in [0.25, 0.3) is 5.91 Å². The van der Waals surface area contributed by atoms with Crippen LogP contribution in [0.4, 0.5) is 13.2 Å². The number of piperazine rings is 1. The van der Waals surface area contributed by atoms with Gasteiger partial charge in [0.15, 0.2) is 5.69 Å². The lowest BCUT2D eigenvalue weighted by atomic mass is 10.2. The predicted molar refractivity (Wildman–Crippen MR) is 124 cm³/mol. The zero-order valence-electron chi connectivity index (χ0n) is 19.2. The number of aromatic nitrogens is 2. The second-order valence-corrected chi connectivity index (χ2v) is 8.25. The number of nitrogens with zero attached hydrogens (tertiary/aromatic N) is 4. The molecule has 0 saturated carbocycles.